The van der Waals surface area contributed by atoms with E-state index in [9.17, 15) is 19.2 Å². The molecule has 1 atom stereocenters. The molecule has 0 bridgehead atoms. The molecule has 4 N–H and O–H groups in total. The summed E-state index contributed by atoms with van der Waals surface area (Å²) in [5, 5.41) is 5.62. The molecule has 38 heavy (non-hydrogen) atoms. The van der Waals surface area contributed by atoms with Crippen molar-refractivity contribution in [2.45, 2.75) is 26.3 Å². The van der Waals surface area contributed by atoms with Crippen LogP contribution < -0.4 is 21.3 Å². The number of ether oxygens (including phenoxy) is 1. The van der Waals surface area contributed by atoms with Crippen LogP contribution in [0.15, 0.2) is 48.5 Å². The molecular formula is C27H27ClN4O5S. The molecule has 1 unspecified atom stereocenters. The van der Waals surface area contributed by atoms with Gasteiger partial charge in [-0.05, 0) is 62.2 Å². The number of para-hydroxylation sites is 1. The van der Waals surface area contributed by atoms with E-state index in [0.717, 1.165) is 11.3 Å². The van der Waals surface area contributed by atoms with Gasteiger partial charge in [0.25, 0.3) is 17.7 Å². The topological polar surface area (TPSA) is 131 Å². The van der Waals surface area contributed by atoms with Crippen LogP contribution in [0.2, 0.25) is 4.34 Å². The van der Waals surface area contributed by atoms with Crippen LogP contribution in [0.3, 0.4) is 0 Å². The Balaban J connectivity index is 1.64. The summed E-state index contributed by atoms with van der Waals surface area (Å²) in [6, 6.07) is 13.4. The minimum Gasteiger partial charge on any atom is -0.370 e. The van der Waals surface area contributed by atoms with Gasteiger partial charge < -0.3 is 26.0 Å². The zero-order valence-electron chi connectivity index (χ0n) is 21.1. The van der Waals surface area contributed by atoms with Gasteiger partial charge >= 0.3 is 0 Å². The van der Waals surface area contributed by atoms with Gasteiger partial charge in [-0.3, -0.25) is 19.2 Å². The molecule has 0 aliphatic carbocycles. The van der Waals surface area contributed by atoms with E-state index in [-0.39, 0.29) is 12.5 Å². The fourth-order valence-electron chi connectivity index (χ4n) is 4.28. The van der Waals surface area contributed by atoms with E-state index in [1.807, 2.05) is 0 Å². The first-order valence-electron chi connectivity index (χ1n) is 11.8. The SMILES string of the molecule is Cc1cc(N2CCOCC2=O)ccc1C(=O)Nc1c(C)cccc1C(C)(NC(=O)c1ccc(Cl)s1)C(N)=O. The first-order valence-corrected chi connectivity index (χ1v) is 13.0. The van der Waals surface area contributed by atoms with Crippen LogP contribution in [0.1, 0.15) is 43.6 Å². The summed E-state index contributed by atoms with van der Waals surface area (Å²) >= 11 is 7.04. The van der Waals surface area contributed by atoms with E-state index < -0.39 is 23.3 Å². The van der Waals surface area contributed by atoms with Crippen LogP contribution in [-0.4, -0.2) is 43.4 Å². The number of benzene rings is 2. The van der Waals surface area contributed by atoms with E-state index in [4.69, 9.17) is 22.1 Å². The number of carbonyl (C=O) groups excluding carboxylic acids is 4. The molecule has 0 spiro atoms. The Morgan fingerprint density at radius 3 is 2.47 bits per heavy atom. The highest BCUT2D eigenvalue weighted by Crippen LogP contribution is 2.33. The maximum Gasteiger partial charge on any atom is 0.262 e. The highest BCUT2D eigenvalue weighted by atomic mass is 35.5. The van der Waals surface area contributed by atoms with Gasteiger partial charge in [0.1, 0.15) is 12.1 Å². The number of hydrogen-bond donors (Lipinski definition) is 3. The van der Waals surface area contributed by atoms with Crippen LogP contribution in [0.5, 0.6) is 0 Å². The van der Waals surface area contributed by atoms with Crippen LogP contribution in [-0.2, 0) is 19.9 Å². The molecule has 4 amide bonds. The standard InChI is InChI=1S/C27H27ClN4O5S/c1-15-5-4-6-19(27(3,26(29)36)31-25(35)20-9-10-21(28)38-20)23(15)30-24(34)18-8-7-17(13-16(18)2)32-11-12-37-14-22(32)33/h4-10,13H,11-12,14H2,1-3H3,(H2,29,36)(H,30,34)(H,31,35). The molecule has 3 aromatic rings. The lowest BCUT2D eigenvalue weighted by Crippen LogP contribution is -2.53. The number of morpholine rings is 1. The number of nitrogens with zero attached hydrogens (tertiary/aromatic N) is 1. The first kappa shape index (κ1) is 27.3. The van der Waals surface area contributed by atoms with Crippen LogP contribution in [0.25, 0.3) is 0 Å². The number of aryl methyl sites for hydroxylation is 2. The molecule has 9 nitrogen and oxygen atoms in total. The summed E-state index contributed by atoms with van der Waals surface area (Å²) in [7, 11) is 0. The first-order chi connectivity index (χ1) is 18.0. The summed E-state index contributed by atoms with van der Waals surface area (Å²) in [5.74, 6) is -1.88. The molecule has 1 saturated heterocycles. The van der Waals surface area contributed by atoms with Gasteiger partial charge in [0.05, 0.1) is 21.5 Å². The molecule has 11 heteroatoms. The third-order valence-corrected chi connectivity index (χ3v) is 7.69. The predicted molar refractivity (Wildman–Crippen MR) is 147 cm³/mol. The van der Waals surface area contributed by atoms with Gasteiger partial charge in [-0.25, -0.2) is 0 Å². The van der Waals surface area contributed by atoms with Crippen LogP contribution in [0, 0.1) is 13.8 Å². The fraction of sp³-hybridized carbons (Fsp3) is 0.259. The molecule has 0 saturated carbocycles. The average molecular weight is 555 g/mol. The minimum absolute atomic E-state index is 0.0199. The maximum absolute atomic E-state index is 13.4. The molecule has 2 heterocycles. The molecule has 198 valence electrons. The fourth-order valence-corrected chi connectivity index (χ4v) is 5.22. The van der Waals surface area contributed by atoms with Crippen molar-refractivity contribution in [3.05, 3.63) is 80.0 Å². The zero-order chi connectivity index (χ0) is 27.6. The summed E-state index contributed by atoms with van der Waals surface area (Å²) < 4.78 is 5.62. The third kappa shape index (κ3) is 5.42. The number of anilines is 2. The van der Waals surface area contributed by atoms with Crippen molar-refractivity contribution in [3.63, 3.8) is 0 Å². The van der Waals surface area contributed by atoms with Crippen molar-refractivity contribution < 1.29 is 23.9 Å². The Morgan fingerprint density at radius 2 is 1.84 bits per heavy atom. The summed E-state index contributed by atoms with van der Waals surface area (Å²) in [6.07, 6.45) is 0. The molecule has 1 fully saturated rings. The van der Waals surface area contributed by atoms with Crippen molar-refractivity contribution in [2.75, 3.05) is 30.0 Å². The monoisotopic (exact) mass is 554 g/mol. The number of halogens is 1. The van der Waals surface area contributed by atoms with Crippen molar-refractivity contribution in [1.29, 1.82) is 0 Å². The number of hydrogen-bond acceptors (Lipinski definition) is 6. The molecule has 2 aromatic carbocycles. The van der Waals surface area contributed by atoms with Gasteiger partial charge in [0.15, 0.2) is 0 Å². The Bertz CT molecular complexity index is 1440. The number of nitrogens with one attached hydrogen (secondary N) is 2. The quantitative estimate of drug-likeness (QED) is 0.409. The number of carbonyl (C=O) groups is 4. The number of thiophene rings is 1. The number of rotatable bonds is 7. The average Bonchev–Trinajstić information content (AvgIpc) is 3.31. The highest BCUT2D eigenvalue weighted by molar-refractivity contribution is 7.18. The van der Waals surface area contributed by atoms with Gasteiger partial charge in [-0.1, -0.05) is 29.8 Å². The smallest absolute Gasteiger partial charge is 0.262 e. The largest absolute Gasteiger partial charge is 0.370 e. The van der Waals surface area contributed by atoms with Gasteiger partial charge in [-0.15, -0.1) is 11.3 Å². The molecule has 1 aromatic heterocycles. The second-order valence-electron chi connectivity index (χ2n) is 9.10. The molecule has 4 rings (SSSR count). The van der Waals surface area contributed by atoms with Crippen LogP contribution in [0.4, 0.5) is 11.4 Å². The Labute approximate surface area is 228 Å². The Morgan fingerprint density at radius 1 is 1.08 bits per heavy atom. The van der Waals surface area contributed by atoms with Crippen molar-refractivity contribution in [2.24, 2.45) is 5.73 Å². The van der Waals surface area contributed by atoms with Crippen molar-refractivity contribution >= 4 is 57.9 Å². The minimum atomic E-state index is -1.64. The second kappa shape index (κ2) is 10.9. The lowest BCUT2D eigenvalue weighted by atomic mass is 9.87. The molecular weight excluding hydrogens is 528 g/mol. The summed E-state index contributed by atoms with van der Waals surface area (Å²) in [5.41, 5.74) is 7.25. The molecule has 0 radical (unpaired) electrons. The lowest BCUT2D eigenvalue weighted by Gasteiger charge is -2.30. The van der Waals surface area contributed by atoms with Crippen LogP contribution >= 0.6 is 22.9 Å². The highest BCUT2D eigenvalue weighted by Gasteiger charge is 2.38. The summed E-state index contributed by atoms with van der Waals surface area (Å²) in [6.45, 7) is 5.95. The van der Waals surface area contributed by atoms with Gasteiger partial charge in [0, 0.05) is 23.4 Å². The van der Waals surface area contributed by atoms with Gasteiger partial charge in [0.2, 0.25) is 5.91 Å². The van der Waals surface area contributed by atoms with E-state index in [0.29, 0.717) is 56.0 Å². The Kier molecular flexibility index (Phi) is 7.86. The zero-order valence-corrected chi connectivity index (χ0v) is 22.7. The van der Waals surface area contributed by atoms with Gasteiger partial charge in [-0.2, -0.15) is 0 Å². The third-order valence-electron chi connectivity index (χ3n) is 6.46. The van der Waals surface area contributed by atoms with Crippen molar-refractivity contribution in [3.8, 4) is 0 Å². The molecule has 1 aliphatic heterocycles. The van der Waals surface area contributed by atoms with E-state index in [1.165, 1.54) is 6.92 Å². The number of nitrogens with two attached hydrogens (primary N) is 1. The predicted octanol–water partition coefficient (Wildman–Crippen LogP) is 3.76. The Hall–Kier alpha value is -3.73. The number of primary amides is 1. The van der Waals surface area contributed by atoms with E-state index in [2.05, 4.69) is 10.6 Å². The van der Waals surface area contributed by atoms with E-state index >= 15 is 0 Å². The second-order valence-corrected chi connectivity index (χ2v) is 10.8. The normalized spacial score (nSPS) is 15.1. The number of amides is 4. The lowest BCUT2D eigenvalue weighted by molar-refractivity contribution is -0.125. The summed E-state index contributed by atoms with van der Waals surface area (Å²) in [4.78, 5) is 53.2. The van der Waals surface area contributed by atoms with E-state index in [1.54, 1.807) is 67.3 Å². The molecule has 1 aliphatic rings. The van der Waals surface area contributed by atoms with Crippen molar-refractivity contribution in [1.82, 2.24) is 5.32 Å². The maximum atomic E-state index is 13.4.